The average Bonchev–Trinajstić information content (AvgIpc) is 2.50. The van der Waals surface area contributed by atoms with Crippen LogP contribution in [-0.4, -0.2) is 26.2 Å². The quantitative estimate of drug-likeness (QED) is 0.631. The summed E-state index contributed by atoms with van der Waals surface area (Å²) in [5, 5.41) is 19.2. The van der Waals surface area contributed by atoms with Crippen LogP contribution in [0.3, 0.4) is 0 Å². The van der Waals surface area contributed by atoms with E-state index >= 15 is 0 Å². The highest BCUT2D eigenvalue weighted by Crippen LogP contribution is 2.18. The second kappa shape index (κ2) is 5.65. The fraction of sp³-hybridized carbons (Fsp3) is 0.444. The monoisotopic (exact) mass is 277 g/mol. The number of carbonyl (C=O) groups is 1. The summed E-state index contributed by atoms with van der Waals surface area (Å²) in [5.41, 5.74) is 0. The Morgan fingerprint density at radius 1 is 1.33 bits per heavy atom. The lowest BCUT2D eigenvalue weighted by Crippen LogP contribution is -2.18. The number of alkyl halides is 1. The van der Waals surface area contributed by atoms with Gasteiger partial charge in [-0.3, -0.25) is 0 Å². The zero-order valence-electron chi connectivity index (χ0n) is 8.02. The number of rotatable bonds is 5. The van der Waals surface area contributed by atoms with E-state index in [0.717, 1.165) is 11.8 Å². The van der Waals surface area contributed by atoms with Crippen LogP contribution in [-0.2, 0) is 4.79 Å². The Labute approximate surface area is 95.4 Å². The molecule has 0 aliphatic heterocycles. The van der Waals surface area contributed by atoms with Gasteiger partial charge in [0.2, 0.25) is 11.8 Å². The number of nitrogens with zero attached hydrogens (tertiary/aromatic N) is 1. The van der Waals surface area contributed by atoms with Gasteiger partial charge in [-0.15, -0.1) is 4.73 Å². The molecule has 1 rings (SSSR count). The summed E-state index contributed by atoms with van der Waals surface area (Å²) in [6.07, 6.45) is 1.83. The van der Waals surface area contributed by atoms with E-state index in [1.807, 2.05) is 0 Å². The van der Waals surface area contributed by atoms with Gasteiger partial charge in [0.25, 0.3) is 0 Å². The van der Waals surface area contributed by atoms with E-state index < -0.39 is 5.97 Å². The third-order valence-corrected chi connectivity index (χ3v) is 2.32. The van der Waals surface area contributed by atoms with Crippen LogP contribution in [0.4, 0.5) is 0 Å². The molecule has 0 unspecified atom stereocenters. The second-order valence-corrected chi connectivity index (χ2v) is 3.75. The van der Waals surface area contributed by atoms with Crippen LogP contribution < -0.4 is 4.84 Å². The number of halogens is 1. The topological polar surface area (TPSA) is 71.7 Å². The van der Waals surface area contributed by atoms with Crippen LogP contribution >= 0.6 is 15.9 Å². The molecule has 0 amide bonds. The number of unbranched alkanes of at least 4 members (excludes halogenated alkanes) is 1. The average molecular weight is 278 g/mol. The summed E-state index contributed by atoms with van der Waals surface area (Å²) in [6.45, 7) is 0. The zero-order valence-corrected chi connectivity index (χ0v) is 9.61. The molecule has 0 atom stereocenters. The molecule has 0 fully saturated rings. The summed E-state index contributed by atoms with van der Waals surface area (Å²) in [5.74, 6) is -1.10. The van der Waals surface area contributed by atoms with E-state index in [9.17, 15) is 15.0 Å². The van der Waals surface area contributed by atoms with Gasteiger partial charge >= 0.3 is 5.97 Å². The molecule has 2 N–H and O–H groups in total. The standard InChI is InChI=1S/C9H12BrNO4/c10-6-2-1-3-9(14)15-11-7(12)4-5-8(11)13/h4-5,12-13H,1-3,6H2. The third kappa shape index (κ3) is 3.47. The Morgan fingerprint density at radius 3 is 2.47 bits per heavy atom. The Kier molecular flexibility index (Phi) is 4.48. The predicted molar refractivity (Wildman–Crippen MR) is 57.0 cm³/mol. The Hall–Kier alpha value is -1.17. The fourth-order valence-electron chi connectivity index (χ4n) is 1.01. The van der Waals surface area contributed by atoms with Crippen molar-refractivity contribution < 1.29 is 19.8 Å². The van der Waals surface area contributed by atoms with Crippen LogP contribution in [0.2, 0.25) is 0 Å². The number of carbonyl (C=O) groups excluding carboxylic acids is 1. The van der Waals surface area contributed by atoms with Gasteiger partial charge in [0.1, 0.15) is 0 Å². The molecule has 84 valence electrons. The molecule has 0 aliphatic rings. The van der Waals surface area contributed by atoms with E-state index in [-0.39, 0.29) is 18.2 Å². The number of hydrogen-bond acceptors (Lipinski definition) is 4. The van der Waals surface area contributed by atoms with Crippen molar-refractivity contribution in [3.63, 3.8) is 0 Å². The highest BCUT2D eigenvalue weighted by Gasteiger charge is 2.11. The summed E-state index contributed by atoms with van der Waals surface area (Å²) < 4.78 is 0.691. The van der Waals surface area contributed by atoms with Crippen LogP contribution in [0, 0.1) is 0 Å². The van der Waals surface area contributed by atoms with Gasteiger partial charge in [0.05, 0.1) is 0 Å². The lowest BCUT2D eigenvalue weighted by atomic mass is 10.3. The molecule has 5 nitrogen and oxygen atoms in total. The van der Waals surface area contributed by atoms with Crippen LogP contribution in [0.15, 0.2) is 12.1 Å². The molecule has 0 aliphatic carbocycles. The molecule has 1 aromatic rings. The Morgan fingerprint density at radius 2 is 1.93 bits per heavy atom. The molecule has 0 radical (unpaired) electrons. The predicted octanol–water partition coefficient (Wildman–Crippen LogP) is 1.42. The normalized spacial score (nSPS) is 10.2. The first kappa shape index (κ1) is 11.9. The van der Waals surface area contributed by atoms with Gasteiger partial charge in [-0.25, -0.2) is 4.79 Å². The van der Waals surface area contributed by atoms with Crippen molar-refractivity contribution in [3.05, 3.63) is 12.1 Å². The second-order valence-electron chi connectivity index (χ2n) is 2.95. The highest BCUT2D eigenvalue weighted by atomic mass is 79.9. The van der Waals surface area contributed by atoms with Crippen LogP contribution in [0.25, 0.3) is 0 Å². The first-order valence-corrected chi connectivity index (χ1v) is 5.64. The molecule has 1 aromatic heterocycles. The molecule has 1 heterocycles. The number of hydrogen-bond donors (Lipinski definition) is 2. The summed E-state index contributed by atoms with van der Waals surface area (Å²) >= 11 is 3.25. The van der Waals surface area contributed by atoms with Gasteiger partial charge in [0.15, 0.2) is 0 Å². The summed E-state index contributed by atoms with van der Waals surface area (Å²) in [7, 11) is 0. The lowest BCUT2D eigenvalue weighted by Gasteiger charge is -2.06. The maximum atomic E-state index is 11.2. The molecule has 0 bridgehead atoms. The largest absolute Gasteiger partial charge is 0.492 e. The highest BCUT2D eigenvalue weighted by molar-refractivity contribution is 9.09. The minimum absolute atomic E-state index is 0.253. The van der Waals surface area contributed by atoms with Crippen molar-refractivity contribution in [3.8, 4) is 11.8 Å². The first-order chi connectivity index (χ1) is 7.15. The minimum atomic E-state index is -0.488. The fourth-order valence-corrected chi connectivity index (χ4v) is 1.40. The van der Waals surface area contributed by atoms with E-state index in [1.54, 1.807) is 0 Å². The van der Waals surface area contributed by atoms with E-state index in [2.05, 4.69) is 15.9 Å². The van der Waals surface area contributed by atoms with Gasteiger partial charge in [-0.05, 0) is 12.8 Å². The van der Waals surface area contributed by atoms with Gasteiger partial charge in [-0.1, -0.05) is 15.9 Å². The van der Waals surface area contributed by atoms with Crippen LogP contribution in [0.5, 0.6) is 11.8 Å². The van der Waals surface area contributed by atoms with Gasteiger partial charge in [0, 0.05) is 23.9 Å². The lowest BCUT2D eigenvalue weighted by molar-refractivity contribution is -0.145. The molecular formula is C9H12BrNO4. The van der Waals surface area contributed by atoms with Crippen molar-refractivity contribution in [1.29, 1.82) is 0 Å². The third-order valence-electron chi connectivity index (χ3n) is 1.76. The van der Waals surface area contributed by atoms with E-state index in [4.69, 9.17) is 4.84 Å². The van der Waals surface area contributed by atoms with E-state index in [0.29, 0.717) is 11.2 Å². The molecule has 6 heteroatoms. The van der Waals surface area contributed by atoms with Crippen LogP contribution in [0.1, 0.15) is 19.3 Å². The zero-order chi connectivity index (χ0) is 11.3. The van der Waals surface area contributed by atoms with E-state index in [1.165, 1.54) is 12.1 Å². The van der Waals surface area contributed by atoms with Gasteiger partial charge in [-0.2, -0.15) is 0 Å². The minimum Gasteiger partial charge on any atom is -0.492 e. The SMILES string of the molecule is O=C(CCCCBr)On1c(O)ccc1O. The molecule has 0 saturated heterocycles. The van der Waals surface area contributed by atoms with Crippen molar-refractivity contribution in [2.75, 3.05) is 5.33 Å². The van der Waals surface area contributed by atoms with Gasteiger partial charge < -0.3 is 15.1 Å². The van der Waals surface area contributed by atoms with Crippen molar-refractivity contribution in [2.24, 2.45) is 0 Å². The summed E-state index contributed by atoms with van der Waals surface area (Å²) in [6, 6.07) is 2.47. The van der Waals surface area contributed by atoms with Crippen molar-refractivity contribution in [2.45, 2.75) is 19.3 Å². The molecule has 0 spiro atoms. The van der Waals surface area contributed by atoms with Crippen molar-refractivity contribution in [1.82, 2.24) is 4.73 Å². The summed E-state index contributed by atoms with van der Waals surface area (Å²) in [4.78, 5) is 15.9. The number of aromatic hydroxyl groups is 2. The maximum absolute atomic E-state index is 11.2. The molecule has 0 aromatic carbocycles. The Bertz CT molecular complexity index is 317. The number of aromatic nitrogens is 1. The molecular weight excluding hydrogens is 266 g/mol. The molecule has 15 heavy (non-hydrogen) atoms. The smallest absolute Gasteiger partial charge is 0.333 e. The first-order valence-electron chi connectivity index (χ1n) is 4.52. The Balaban J connectivity index is 2.44. The van der Waals surface area contributed by atoms with Crippen molar-refractivity contribution >= 4 is 21.9 Å². The maximum Gasteiger partial charge on any atom is 0.333 e. The molecule has 0 saturated carbocycles.